The Balaban J connectivity index is -0.00000210. The number of nitrogen functional groups attached to an aromatic ring is 1. The van der Waals surface area contributed by atoms with Crippen molar-refractivity contribution in [1.29, 1.82) is 0 Å². The number of fused-ring (bicyclic) bond motifs is 1. The van der Waals surface area contributed by atoms with Crippen LogP contribution in [0.1, 0.15) is 0 Å². The second-order valence-corrected chi connectivity index (χ2v) is 8.76. The van der Waals surface area contributed by atoms with Crippen LogP contribution in [-0.2, 0) is 25.1 Å². The topological polar surface area (TPSA) is 255 Å². The molecule has 2 aromatic rings. The molecule has 0 radical (unpaired) electrons. The van der Waals surface area contributed by atoms with E-state index in [9.17, 15) is 38.6 Å². The number of imidazole rings is 1. The summed E-state index contributed by atoms with van der Waals surface area (Å²) in [6.07, 6.45) is -1.13. The molecule has 0 fully saturated rings. The monoisotopic (exact) mass is 531 g/mol. The third-order valence-corrected chi connectivity index (χ3v) is 4.67. The molecule has 0 aliphatic heterocycles. The summed E-state index contributed by atoms with van der Waals surface area (Å²) in [6.45, 7) is -1.68. The number of H-pyrrole nitrogens is 1. The van der Waals surface area contributed by atoms with Gasteiger partial charge in [-0.1, -0.05) is 0 Å². The van der Waals surface area contributed by atoms with Crippen molar-refractivity contribution in [1.82, 2.24) is 19.5 Å². The van der Waals surface area contributed by atoms with E-state index in [1.807, 2.05) is 0 Å². The van der Waals surface area contributed by atoms with Crippen molar-refractivity contribution in [2.24, 2.45) is 0 Å². The summed E-state index contributed by atoms with van der Waals surface area (Å²) >= 11 is 0. The molecule has 158 valence electrons. The third kappa shape index (κ3) is 13.0. The van der Waals surface area contributed by atoms with Gasteiger partial charge in [-0.25, -0.2) is 4.98 Å². The summed E-state index contributed by atoms with van der Waals surface area (Å²) in [5.41, 5.74) is 4.80. The van der Waals surface area contributed by atoms with Crippen LogP contribution >= 0.6 is 15.2 Å². The first kappa shape index (κ1) is 38.9. The molecule has 0 aromatic carbocycles. The molecular formula is C11H15N5Na4O10P2. The Morgan fingerprint density at radius 2 is 1.75 bits per heavy atom. The number of aliphatic hydroxyl groups excluding tert-OH is 1. The zero-order valence-corrected chi connectivity index (χ0v) is 27.8. The van der Waals surface area contributed by atoms with E-state index in [0.717, 1.165) is 0 Å². The first-order valence-corrected chi connectivity index (χ1v) is 10.8. The molecule has 2 atom stereocenters. The van der Waals surface area contributed by atoms with E-state index in [0.29, 0.717) is 0 Å². The van der Waals surface area contributed by atoms with E-state index in [4.69, 9.17) is 15.2 Å². The molecular weight excluding hydrogens is 516 g/mol. The molecule has 0 amide bonds. The molecule has 32 heavy (non-hydrogen) atoms. The number of nitrogens with one attached hydrogen (secondary N) is 1. The molecule has 1 unspecified atom stereocenters. The summed E-state index contributed by atoms with van der Waals surface area (Å²) in [6, 6.07) is 0. The smallest absolute Gasteiger partial charge is 0.809 e. The van der Waals surface area contributed by atoms with Gasteiger partial charge in [0.2, 0.25) is 5.95 Å². The van der Waals surface area contributed by atoms with Gasteiger partial charge >= 0.3 is 118 Å². The average molecular weight is 531 g/mol. The molecule has 2 rings (SSSR count). The molecule has 21 heteroatoms. The van der Waals surface area contributed by atoms with E-state index >= 15 is 0 Å². The van der Waals surface area contributed by atoms with Gasteiger partial charge in [-0.2, -0.15) is 4.98 Å². The van der Waals surface area contributed by atoms with Crippen molar-refractivity contribution in [3.8, 4) is 0 Å². The van der Waals surface area contributed by atoms with Crippen LogP contribution in [0, 0.1) is 0 Å². The van der Waals surface area contributed by atoms with E-state index < -0.39 is 52.3 Å². The first-order chi connectivity index (χ1) is 12.9. The predicted molar refractivity (Wildman–Crippen MR) is 84.3 cm³/mol. The maximum Gasteiger partial charge on any atom is 1.00 e. The van der Waals surface area contributed by atoms with Crippen LogP contribution in [0.5, 0.6) is 0 Å². The number of nitrogens with two attached hydrogens (primary N) is 1. The number of aromatic nitrogens is 4. The molecule has 0 aliphatic carbocycles. The van der Waals surface area contributed by atoms with E-state index in [1.165, 1.54) is 10.9 Å². The van der Waals surface area contributed by atoms with E-state index in [-0.39, 0.29) is 142 Å². The summed E-state index contributed by atoms with van der Waals surface area (Å²) < 4.78 is 32.5. The quantitative estimate of drug-likeness (QED) is 0.190. The SMILES string of the molecule is Nc1nc2c(ncn2C[C@@H](COCP(=O)([O-])[O-])OCC(O)P(=O)([O-])[O-])c(=O)[nH]1.[Na+].[Na+].[Na+].[Na+]. The minimum Gasteiger partial charge on any atom is -0.809 e. The van der Waals surface area contributed by atoms with Gasteiger partial charge < -0.3 is 53.6 Å². The summed E-state index contributed by atoms with van der Waals surface area (Å²) in [5, 5.41) is 9.27. The number of anilines is 1. The Morgan fingerprint density at radius 1 is 1.16 bits per heavy atom. The molecule has 0 saturated heterocycles. The fourth-order valence-corrected chi connectivity index (χ4v) is 2.68. The number of aromatic amines is 1. The van der Waals surface area contributed by atoms with Crippen LogP contribution in [0.4, 0.5) is 5.95 Å². The third-order valence-electron chi connectivity index (χ3n) is 3.29. The summed E-state index contributed by atoms with van der Waals surface area (Å²) in [5.74, 6) is -2.56. The van der Waals surface area contributed by atoms with Crippen LogP contribution in [0.15, 0.2) is 11.1 Å². The average Bonchev–Trinajstić information content (AvgIpc) is 2.93. The maximum atomic E-state index is 11.8. The van der Waals surface area contributed by atoms with Crippen LogP contribution in [0.2, 0.25) is 0 Å². The van der Waals surface area contributed by atoms with Gasteiger partial charge in [0.25, 0.3) is 5.56 Å². The molecule has 2 aromatic heterocycles. The van der Waals surface area contributed by atoms with Crippen molar-refractivity contribution in [2.75, 3.05) is 25.3 Å². The number of ether oxygens (including phenoxy) is 2. The van der Waals surface area contributed by atoms with Crippen molar-refractivity contribution < 1.29 is 162 Å². The van der Waals surface area contributed by atoms with Crippen LogP contribution < -0.4 is 149 Å². The molecule has 0 spiro atoms. The Bertz CT molecular complexity index is 982. The minimum absolute atomic E-state index is 0. The van der Waals surface area contributed by atoms with Gasteiger partial charge in [-0.3, -0.25) is 9.78 Å². The number of hydrogen-bond acceptors (Lipinski definition) is 13. The van der Waals surface area contributed by atoms with Crippen LogP contribution in [-0.4, -0.2) is 56.1 Å². The minimum atomic E-state index is -5.34. The van der Waals surface area contributed by atoms with Gasteiger partial charge in [-0.05, 0) is 15.2 Å². The fourth-order valence-electron chi connectivity index (χ4n) is 2.09. The van der Waals surface area contributed by atoms with Crippen molar-refractivity contribution in [3.63, 3.8) is 0 Å². The van der Waals surface area contributed by atoms with Crippen LogP contribution in [0.3, 0.4) is 0 Å². The molecule has 15 nitrogen and oxygen atoms in total. The number of aliphatic hydroxyl groups is 1. The second-order valence-electron chi connectivity index (χ2n) is 5.61. The second kappa shape index (κ2) is 17.0. The van der Waals surface area contributed by atoms with Crippen molar-refractivity contribution in [3.05, 3.63) is 16.7 Å². The van der Waals surface area contributed by atoms with Crippen molar-refractivity contribution in [2.45, 2.75) is 18.5 Å². The molecule has 0 bridgehead atoms. The molecule has 0 saturated carbocycles. The van der Waals surface area contributed by atoms with E-state index in [2.05, 4.69) is 15.0 Å². The van der Waals surface area contributed by atoms with Gasteiger partial charge in [0.15, 0.2) is 11.2 Å². The van der Waals surface area contributed by atoms with Gasteiger partial charge in [-0.15, -0.1) is 0 Å². The van der Waals surface area contributed by atoms with Crippen LogP contribution in [0.25, 0.3) is 11.2 Å². The van der Waals surface area contributed by atoms with E-state index in [1.54, 1.807) is 0 Å². The summed E-state index contributed by atoms with van der Waals surface area (Å²) in [7, 11) is -10.3. The fraction of sp³-hybridized carbons (Fsp3) is 0.545. The number of nitrogens with zero attached hydrogens (tertiary/aromatic N) is 3. The van der Waals surface area contributed by atoms with Gasteiger partial charge in [0.05, 0.1) is 38.5 Å². The van der Waals surface area contributed by atoms with Crippen molar-refractivity contribution >= 4 is 32.3 Å². The van der Waals surface area contributed by atoms with Gasteiger partial charge in [0, 0.05) is 0 Å². The Morgan fingerprint density at radius 3 is 2.28 bits per heavy atom. The number of rotatable bonds is 10. The molecule has 4 N–H and O–H groups in total. The maximum absolute atomic E-state index is 11.8. The Labute approximate surface area is 270 Å². The largest absolute Gasteiger partial charge is 1.00 e. The zero-order valence-electron chi connectivity index (χ0n) is 18.0. The Kier molecular flexibility index (Phi) is 20.6. The normalized spacial score (nSPS) is 13.2. The molecule has 0 aliphatic rings. The zero-order chi connectivity index (χ0) is 21.1. The molecule has 2 heterocycles. The number of hydrogen-bond donors (Lipinski definition) is 3. The standard InChI is InChI=1S/C11H19N5O10P2.4Na/c12-11-14-9-8(10(18)15-11)13-4-16(9)1-6(2-25-5-27(19,20)21)26-3-7(17)28(22,23)24;;;;/h4,6-7,17H,1-3,5H2,(H2,19,20,21)(H2,22,23,24)(H3,12,14,15,18);;;;/q;4*+1/p-4/t6-,7?;;;;/m0..../s1. The Hall–Kier alpha value is 2.33. The first-order valence-electron chi connectivity index (χ1n) is 7.47. The van der Waals surface area contributed by atoms with Gasteiger partial charge in [0.1, 0.15) is 5.85 Å². The summed E-state index contributed by atoms with van der Waals surface area (Å²) in [4.78, 5) is 64.6. The predicted octanol–water partition coefficient (Wildman–Crippen LogP) is -16.8.